The first-order chi connectivity index (χ1) is 12.4. The molecule has 0 saturated carbocycles. The highest BCUT2D eigenvalue weighted by Gasteiger charge is 2.34. The quantitative estimate of drug-likeness (QED) is 0.916. The number of morpholine rings is 1. The number of amides is 2. The van der Waals surface area contributed by atoms with E-state index in [4.69, 9.17) is 4.74 Å². The minimum atomic E-state index is -0.734. The molecular formula is C20H21FN2O3. The van der Waals surface area contributed by atoms with Crippen molar-refractivity contribution in [1.82, 2.24) is 4.90 Å². The zero-order valence-corrected chi connectivity index (χ0v) is 14.8. The molecule has 1 heterocycles. The molecule has 1 saturated heterocycles. The Morgan fingerprint density at radius 2 is 1.96 bits per heavy atom. The van der Waals surface area contributed by atoms with Crippen LogP contribution in [0.25, 0.3) is 0 Å². The van der Waals surface area contributed by atoms with E-state index in [2.05, 4.69) is 5.32 Å². The fraction of sp³-hybridized carbons (Fsp3) is 0.300. The average Bonchev–Trinajstić information content (AvgIpc) is 2.61. The summed E-state index contributed by atoms with van der Waals surface area (Å²) in [6, 6.07) is 10.9. The van der Waals surface area contributed by atoms with Crippen LogP contribution in [0.3, 0.4) is 0 Å². The maximum absolute atomic E-state index is 13.1. The first-order valence-electron chi connectivity index (χ1n) is 8.44. The van der Waals surface area contributed by atoms with E-state index in [-0.39, 0.29) is 37.4 Å². The summed E-state index contributed by atoms with van der Waals surface area (Å²) in [5, 5.41) is 2.88. The van der Waals surface area contributed by atoms with Crippen molar-refractivity contribution in [2.24, 2.45) is 0 Å². The minimum Gasteiger partial charge on any atom is -0.369 e. The summed E-state index contributed by atoms with van der Waals surface area (Å²) in [7, 11) is 0. The predicted molar refractivity (Wildman–Crippen MR) is 96.1 cm³/mol. The van der Waals surface area contributed by atoms with Gasteiger partial charge < -0.3 is 15.0 Å². The number of nitrogens with zero attached hydrogens (tertiary/aromatic N) is 1. The van der Waals surface area contributed by atoms with Gasteiger partial charge in [-0.05, 0) is 43.2 Å². The van der Waals surface area contributed by atoms with E-state index >= 15 is 0 Å². The molecule has 1 atom stereocenters. The number of aryl methyl sites for hydroxylation is 2. The zero-order chi connectivity index (χ0) is 18.7. The van der Waals surface area contributed by atoms with Crippen LogP contribution >= 0.6 is 0 Å². The number of benzene rings is 2. The number of hydrogen-bond donors (Lipinski definition) is 1. The van der Waals surface area contributed by atoms with Crippen molar-refractivity contribution < 1.29 is 18.7 Å². The molecular weight excluding hydrogens is 335 g/mol. The second-order valence-electron chi connectivity index (χ2n) is 6.49. The lowest BCUT2D eigenvalue weighted by molar-refractivity contribution is -0.154. The number of hydrogen-bond acceptors (Lipinski definition) is 3. The fourth-order valence-corrected chi connectivity index (χ4v) is 2.98. The van der Waals surface area contributed by atoms with Crippen LogP contribution in [0, 0.1) is 19.7 Å². The Kier molecular flexibility index (Phi) is 5.32. The minimum absolute atomic E-state index is 0.0610. The normalized spacial score (nSPS) is 17.3. The summed E-state index contributed by atoms with van der Waals surface area (Å²) >= 11 is 0. The van der Waals surface area contributed by atoms with Gasteiger partial charge in [0.2, 0.25) is 11.8 Å². The van der Waals surface area contributed by atoms with Gasteiger partial charge in [-0.25, -0.2) is 4.39 Å². The molecule has 26 heavy (non-hydrogen) atoms. The molecule has 0 aliphatic carbocycles. The number of carbonyl (C=O) groups excluding carboxylic acids is 2. The van der Waals surface area contributed by atoms with Crippen LogP contribution in [-0.2, 0) is 20.9 Å². The zero-order valence-electron chi connectivity index (χ0n) is 14.8. The third kappa shape index (κ3) is 4.08. The molecule has 136 valence electrons. The molecule has 2 aromatic rings. The largest absolute Gasteiger partial charge is 0.369 e. The topological polar surface area (TPSA) is 58.6 Å². The summed E-state index contributed by atoms with van der Waals surface area (Å²) in [4.78, 5) is 26.5. The van der Waals surface area contributed by atoms with Crippen LogP contribution in [0.2, 0.25) is 0 Å². The van der Waals surface area contributed by atoms with Crippen LogP contribution in [0.5, 0.6) is 0 Å². The van der Waals surface area contributed by atoms with Crippen LogP contribution in [0.4, 0.5) is 10.1 Å². The Morgan fingerprint density at radius 1 is 1.23 bits per heavy atom. The number of anilines is 1. The van der Waals surface area contributed by atoms with Crippen molar-refractivity contribution in [2.75, 3.05) is 18.5 Å². The number of halogens is 1. The molecule has 5 nitrogen and oxygen atoms in total. The van der Waals surface area contributed by atoms with E-state index in [0.29, 0.717) is 5.69 Å². The van der Waals surface area contributed by atoms with Gasteiger partial charge in [0.1, 0.15) is 18.5 Å². The SMILES string of the molecule is Cc1ccc(NC(=O)C2COCC(=O)N2Cc2ccc(F)cc2)c(C)c1. The first-order valence-corrected chi connectivity index (χ1v) is 8.44. The molecule has 1 fully saturated rings. The first kappa shape index (κ1) is 18.1. The third-order valence-corrected chi connectivity index (χ3v) is 4.41. The van der Waals surface area contributed by atoms with Gasteiger partial charge in [-0.2, -0.15) is 0 Å². The summed E-state index contributed by atoms with van der Waals surface area (Å²) < 4.78 is 18.4. The molecule has 2 amide bonds. The second kappa shape index (κ2) is 7.66. The van der Waals surface area contributed by atoms with Crippen molar-refractivity contribution in [1.29, 1.82) is 0 Å². The molecule has 0 radical (unpaired) electrons. The Bertz CT molecular complexity index is 820. The molecule has 1 aliphatic heterocycles. The van der Waals surface area contributed by atoms with Crippen molar-refractivity contribution in [3.63, 3.8) is 0 Å². The molecule has 6 heteroatoms. The van der Waals surface area contributed by atoms with Crippen molar-refractivity contribution in [3.05, 3.63) is 65.0 Å². The molecule has 1 N–H and O–H groups in total. The Hall–Kier alpha value is -2.73. The summed E-state index contributed by atoms with van der Waals surface area (Å²) in [5.74, 6) is -0.903. The van der Waals surface area contributed by atoms with Gasteiger partial charge >= 0.3 is 0 Å². The van der Waals surface area contributed by atoms with Gasteiger partial charge in [0, 0.05) is 12.2 Å². The van der Waals surface area contributed by atoms with E-state index in [1.54, 1.807) is 12.1 Å². The molecule has 2 aromatic carbocycles. The van der Waals surface area contributed by atoms with Crippen molar-refractivity contribution in [3.8, 4) is 0 Å². The van der Waals surface area contributed by atoms with Crippen molar-refractivity contribution in [2.45, 2.75) is 26.4 Å². The average molecular weight is 356 g/mol. The van der Waals surface area contributed by atoms with Crippen LogP contribution in [-0.4, -0.2) is 36.0 Å². The van der Waals surface area contributed by atoms with E-state index < -0.39 is 6.04 Å². The Labute approximate surface area is 151 Å². The third-order valence-electron chi connectivity index (χ3n) is 4.41. The number of nitrogens with one attached hydrogen (secondary N) is 1. The predicted octanol–water partition coefficient (Wildman–Crippen LogP) is 2.81. The van der Waals surface area contributed by atoms with Crippen LogP contribution in [0.15, 0.2) is 42.5 Å². The maximum Gasteiger partial charge on any atom is 0.249 e. The lowest BCUT2D eigenvalue weighted by Crippen LogP contribution is -2.54. The number of ether oxygens (including phenoxy) is 1. The molecule has 0 spiro atoms. The smallest absolute Gasteiger partial charge is 0.249 e. The monoisotopic (exact) mass is 356 g/mol. The second-order valence-corrected chi connectivity index (χ2v) is 6.49. The summed E-state index contributed by atoms with van der Waals surface area (Å²) in [6.07, 6.45) is 0. The molecule has 0 aromatic heterocycles. The van der Waals surface area contributed by atoms with Gasteiger partial charge in [-0.1, -0.05) is 29.8 Å². The number of carbonyl (C=O) groups is 2. The van der Waals surface area contributed by atoms with E-state index in [0.717, 1.165) is 16.7 Å². The van der Waals surface area contributed by atoms with Gasteiger partial charge in [0.15, 0.2) is 0 Å². The maximum atomic E-state index is 13.1. The molecule has 3 rings (SSSR count). The van der Waals surface area contributed by atoms with E-state index in [1.165, 1.54) is 17.0 Å². The molecule has 0 bridgehead atoms. The fourth-order valence-electron chi connectivity index (χ4n) is 2.98. The Morgan fingerprint density at radius 3 is 2.65 bits per heavy atom. The highest BCUT2D eigenvalue weighted by molar-refractivity contribution is 5.98. The highest BCUT2D eigenvalue weighted by atomic mass is 19.1. The lowest BCUT2D eigenvalue weighted by Gasteiger charge is -2.34. The molecule has 1 aliphatic rings. The highest BCUT2D eigenvalue weighted by Crippen LogP contribution is 2.19. The van der Waals surface area contributed by atoms with Gasteiger partial charge in [0.25, 0.3) is 0 Å². The van der Waals surface area contributed by atoms with E-state index in [1.807, 2.05) is 32.0 Å². The standard InChI is InChI=1S/C20H21FN2O3/c1-13-3-8-17(14(2)9-13)22-20(25)18-11-26-12-19(24)23(18)10-15-4-6-16(21)7-5-15/h3-9,18H,10-12H2,1-2H3,(H,22,25). The number of rotatable bonds is 4. The Balaban J connectivity index is 1.77. The van der Waals surface area contributed by atoms with Gasteiger partial charge in [-0.15, -0.1) is 0 Å². The van der Waals surface area contributed by atoms with Crippen LogP contribution in [0.1, 0.15) is 16.7 Å². The van der Waals surface area contributed by atoms with E-state index in [9.17, 15) is 14.0 Å². The molecule has 1 unspecified atom stereocenters. The van der Waals surface area contributed by atoms with Gasteiger partial charge in [0.05, 0.1) is 6.61 Å². The van der Waals surface area contributed by atoms with Gasteiger partial charge in [-0.3, -0.25) is 9.59 Å². The summed E-state index contributed by atoms with van der Waals surface area (Å²) in [5.41, 5.74) is 3.52. The van der Waals surface area contributed by atoms with Crippen molar-refractivity contribution >= 4 is 17.5 Å². The summed E-state index contributed by atoms with van der Waals surface area (Å²) in [6.45, 7) is 4.20. The lowest BCUT2D eigenvalue weighted by atomic mass is 10.1. The van der Waals surface area contributed by atoms with Crippen LogP contribution < -0.4 is 5.32 Å².